The van der Waals surface area contributed by atoms with Crippen molar-refractivity contribution in [1.82, 2.24) is 10.2 Å². The molecule has 6 nitrogen and oxygen atoms in total. The smallest absolute Gasteiger partial charge is 0.332 e. The fourth-order valence-corrected chi connectivity index (χ4v) is 1.34. The Morgan fingerprint density at radius 2 is 2.12 bits per heavy atom. The second-order valence-corrected chi connectivity index (χ2v) is 4.20. The van der Waals surface area contributed by atoms with Gasteiger partial charge < -0.3 is 20.4 Å². The molecule has 3 N–H and O–H groups in total. The van der Waals surface area contributed by atoms with Crippen LogP contribution in [-0.2, 0) is 4.79 Å². The SMILES string of the molecule is CN(CC1CC1)C(=O)NCCC(O)C(=O)O. The highest BCUT2D eigenvalue weighted by Gasteiger charge is 2.24. The van der Waals surface area contributed by atoms with E-state index < -0.39 is 12.1 Å². The van der Waals surface area contributed by atoms with Crippen molar-refractivity contribution in [1.29, 1.82) is 0 Å². The molecule has 1 rings (SSSR count). The summed E-state index contributed by atoms with van der Waals surface area (Å²) in [6.07, 6.45) is 0.970. The van der Waals surface area contributed by atoms with Crippen LogP contribution in [0.25, 0.3) is 0 Å². The van der Waals surface area contributed by atoms with Gasteiger partial charge in [0.15, 0.2) is 6.10 Å². The van der Waals surface area contributed by atoms with Crippen molar-refractivity contribution in [3.8, 4) is 0 Å². The summed E-state index contributed by atoms with van der Waals surface area (Å²) in [6.45, 7) is 0.911. The van der Waals surface area contributed by atoms with Gasteiger partial charge in [-0.3, -0.25) is 0 Å². The van der Waals surface area contributed by atoms with Crippen LogP contribution in [0.15, 0.2) is 0 Å². The van der Waals surface area contributed by atoms with Crippen LogP contribution < -0.4 is 5.32 Å². The molecule has 0 spiro atoms. The zero-order chi connectivity index (χ0) is 12.1. The number of carboxylic acids is 1. The second-order valence-electron chi connectivity index (χ2n) is 4.20. The predicted octanol–water partition coefficient (Wildman–Crippen LogP) is -0.127. The summed E-state index contributed by atoms with van der Waals surface area (Å²) < 4.78 is 0. The highest BCUT2D eigenvalue weighted by atomic mass is 16.4. The third kappa shape index (κ3) is 4.48. The van der Waals surface area contributed by atoms with Crippen LogP contribution in [-0.4, -0.2) is 53.4 Å². The number of aliphatic hydroxyl groups is 1. The van der Waals surface area contributed by atoms with Gasteiger partial charge in [-0.2, -0.15) is 0 Å². The van der Waals surface area contributed by atoms with Crippen molar-refractivity contribution in [3.63, 3.8) is 0 Å². The van der Waals surface area contributed by atoms with Crippen molar-refractivity contribution in [2.75, 3.05) is 20.1 Å². The van der Waals surface area contributed by atoms with Gasteiger partial charge in [-0.25, -0.2) is 9.59 Å². The van der Waals surface area contributed by atoms with Gasteiger partial charge in [0.2, 0.25) is 0 Å². The monoisotopic (exact) mass is 230 g/mol. The maximum Gasteiger partial charge on any atom is 0.332 e. The maximum absolute atomic E-state index is 11.4. The van der Waals surface area contributed by atoms with E-state index in [1.54, 1.807) is 11.9 Å². The Balaban J connectivity index is 2.11. The number of hydrogen-bond donors (Lipinski definition) is 3. The van der Waals surface area contributed by atoms with E-state index in [1.807, 2.05) is 0 Å². The lowest BCUT2D eigenvalue weighted by molar-refractivity contribution is -0.146. The molecule has 6 heteroatoms. The summed E-state index contributed by atoms with van der Waals surface area (Å²) in [5, 5.41) is 19.9. The topological polar surface area (TPSA) is 89.9 Å². The zero-order valence-electron chi connectivity index (χ0n) is 9.35. The van der Waals surface area contributed by atoms with Crippen molar-refractivity contribution in [2.45, 2.75) is 25.4 Å². The molecule has 0 heterocycles. The molecule has 1 fully saturated rings. The first-order chi connectivity index (χ1) is 7.50. The van der Waals surface area contributed by atoms with Gasteiger partial charge in [-0.05, 0) is 18.8 Å². The van der Waals surface area contributed by atoms with Crippen LogP contribution in [0.2, 0.25) is 0 Å². The van der Waals surface area contributed by atoms with Crippen LogP contribution in [0, 0.1) is 5.92 Å². The van der Waals surface area contributed by atoms with E-state index in [4.69, 9.17) is 10.2 Å². The molecule has 1 atom stereocenters. The van der Waals surface area contributed by atoms with Gasteiger partial charge in [0.05, 0.1) is 0 Å². The van der Waals surface area contributed by atoms with Crippen LogP contribution >= 0.6 is 0 Å². The lowest BCUT2D eigenvalue weighted by Gasteiger charge is -2.17. The molecule has 1 saturated carbocycles. The van der Waals surface area contributed by atoms with Crippen molar-refractivity contribution in [2.24, 2.45) is 5.92 Å². The average Bonchev–Trinajstić information content (AvgIpc) is 3.00. The Hall–Kier alpha value is -1.30. The minimum absolute atomic E-state index is 0.0261. The lowest BCUT2D eigenvalue weighted by atomic mass is 10.2. The first-order valence-corrected chi connectivity index (χ1v) is 5.40. The normalized spacial score (nSPS) is 16.6. The molecule has 0 aromatic carbocycles. The van der Waals surface area contributed by atoms with Crippen molar-refractivity contribution < 1.29 is 19.8 Å². The number of aliphatic carboxylic acids is 1. The Bertz CT molecular complexity index is 266. The quantitative estimate of drug-likeness (QED) is 0.593. The first kappa shape index (κ1) is 12.8. The van der Waals surface area contributed by atoms with E-state index in [2.05, 4.69) is 5.32 Å². The summed E-state index contributed by atoms with van der Waals surface area (Å²) in [7, 11) is 1.71. The van der Waals surface area contributed by atoms with E-state index >= 15 is 0 Å². The highest BCUT2D eigenvalue weighted by molar-refractivity contribution is 5.74. The molecule has 92 valence electrons. The van der Waals surface area contributed by atoms with Gasteiger partial charge in [0, 0.05) is 26.6 Å². The molecular weight excluding hydrogens is 212 g/mol. The third-order valence-corrected chi connectivity index (χ3v) is 2.55. The summed E-state index contributed by atoms with van der Waals surface area (Å²) in [4.78, 5) is 23.3. The third-order valence-electron chi connectivity index (χ3n) is 2.55. The van der Waals surface area contributed by atoms with Gasteiger partial charge >= 0.3 is 12.0 Å². The molecule has 1 unspecified atom stereocenters. The molecule has 0 radical (unpaired) electrons. The molecule has 1 aliphatic rings. The fourth-order valence-electron chi connectivity index (χ4n) is 1.34. The Morgan fingerprint density at radius 1 is 1.50 bits per heavy atom. The molecule has 1 aliphatic carbocycles. The molecule has 0 saturated heterocycles. The minimum atomic E-state index is -1.41. The predicted molar refractivity (Wildman–Crippen MR) is 57.0 cm³/mol. The van der Waals surface area contributed by atoms with Crippen LogP contribution in [0.1, 0.15) is 19.3 Å². The van der Waals surface area contributed by atoms with E-state index in [1.165, 1.54) is 12.8 Å². The molecule has 16 heavy (non-hydrogen) atoms. The van der Waals surface area contributed by atoms with E-state index in [0.717, 1.165) is 6.54 Å². The summed E-state index contributed by atoms with van der Waals surface area (Å²) in [5.41, 5.74) is 0. The summed E-state index contributed by atoms with van der Waals surface area (Å²) in [6, 6.07) is -0.218. The fraction of sp³-hybridized carbons (Fsp3) is 0.800. The highest BCUT2D eigenvalue weighted by Crippen LogP contribution is 2.29. The number of carbonyl (C=O) groups excluding carboxylic acids is 1. The van der Waals surface area contributed by atoms with Gasteiger partial charge in [0.1, 0.15) is 0 Å². The van der Waals surface area contributed by atoms with Crippen LogP contribution in [0.4, 0.5) is 4.79 Å². The molecule has 0 aliphatic heterocycles. The standard InChI is InChI=1S/C10H18N2O4/c1-12(6-7-2-3-7)10(16)11-5-4-8(13)9(14)15/h7-8,13H,2-6H2,1H3,(H,11,16)(H,14,15). The molecule has 0 bridgehead atoms. The molecule has 0 aromatic heterocycles. The van der Waals surface area contributed by atoms with Gasteiger partial charge in [-0.15, -0.1) is 0 Å². The molecule has 2 amide bonds. The molecule has 0 aromatic rings. The zero-order valence-corrected chi connectivity index (χ0v) is 9.35. The average molecular weight is 230 g/mol. The number of carbonyl (C=O) groups is 2. The number of rotatable bonds is 6. The number of carboxylic acid groups (broad SMARTS) is 1. The minimum Gasteiger partial charge on any atom is -0.479 e. The van der Waals surface area contributed by atoms with Crippen molar-refractivity contribution in [3.05, 3.63) is 0 Å². The largest absolute Gasteiger partial charge is 0.479 e. The number of amides is 2. The van der Waals surface area contributed by atoms with Crippen LogP contribution in [0.3, 0.4) is 0 Å². The number of urea groups is 1. The second kappa shape index (κ2) is 5.69. The summed E-state index contributed by atoms with van der Waals surface area (Å²) in [5.74, 6) is -0.638. The lowest BCUT2D eigenvalue weighted by Crippen LogP contribution is -2.40. The number of hydrogen-bond acceptors (Lipinski definition) is 3. The Kier molecular flexibility index (Phi) is 4.54. The number of nitrogens with one attached hydrogen (secondary N) is 1. The van der Waals surface area contributed by atoms with Gasteiger partial charge in [-0.1, -0.05) is 0 Å². The van der Waals surface area contributed by atoms with E-state index in [0.29, 0.717) is 5.92 Å². The summed E-state index contributed by atoms with van der Waals surface area (Å²) >= 11 is 0. The van der Waals surface area contributed by atoms with E-state index in [-0.39, 0.29) is 19.0 Å². The molecular formula is C10H18N2O4. The number of nitrogens with zero attached hydrogens (tertiary/aromatic N) is 1. The first-order valence-electron chi connectivity index (χ1n) is 5.40. The van der Waals surface area contributed by atoms with Crippen molar-refractivity contribution >= 4 is 12.0 Å². The number of aliphatic hydroxyl groups excluding tert-OH is 1. The maximum atomic E-state index is 11.4. The van der Waals surface area contributed by atoms with Gasteiger partial charge in [0.25, 0.3) is 0 Å². The Morgan fingerprint density at radius 3 is 2.62 bits per heavy atom. The van der Waals surface area contributed by atoms with E-state index in [9.17, 15) is 9.59 Å². The Labute approximate surface area is 94.2 Å². The van der Waals surface area contributed by atoms with Crippen LogP contribution in [0.5, 0.6) is 0 Å².